The van der Waals surface area contributed by atoms with Gasteiger partial charge in [0.2, 0.25) is 5.91 Å². The number of nitrogens with zero attached hydrogens (tertiary/aromatic N) is 1. The summed E-state index contributed by atoms with van der Waals surface area (Å²) in [5, 5.41) is 4.72. The number of hydrogen-bond acceptors (Lipinski definition) is 3. The van der Waals surface area contributed by atoms with Gasteiger partial charge < -0.3 is 5.32 Å². The average molecular weight is 294 g/mol. The highest BCUT2D eigenvalue weighted by molar-refractivity contribution is 7.14. The molecule has 0 bridgehead atoms. The Bertz CT molecular complexity index is 671. The van der Waals surface area contributed by atoms with E-state index in [1.165, 1.54) is 11.3 Å². The zero-order chi connectivity index (χ0) is 14.3. The lowest BCUT2D eigenvalue weighted by Crippen LogP contribution is -2.14. The van der Waals surface area contributed by atoms with Crippen LogP contribution < -0.4 is 5.32 Å². The SMILES string of the molecule is C[C@H]1C[C@@H]1C(=O)Nc1nc(-c2cc(F)ccc2F)cs1. The van der Waals surface area contributed by atoms with Crippen LogP contribution >= 0.6 is 11.3 Å². The molecule has 1 heterocycles. The number of benzene rings is 1. The molecule has 1 amide bonds. The number of carbonyl (C=O) groups is 1. The van der Waals surface area contributed by atoms with E-state index < -0.39 is 11.6 Å². The van der Waals surface area contributed by atoms with Crippen LogP contribution in [-0.2, 0) is 4.79 Å². The number of nitrogens with one attached hydrogen (secondary N) is 1. The van der Waals surface area contributed by atoms with E-state index in [1.54, 1.807) is 5.38 Å². The number of carbonyl (C=O) groups excluding carboxylic acids is 1. The Balaban J connectivity index is 1.79. The molecule has 6 heteroatoms. The largest absolute Gasteiger partial charge is 0.302 e. The smallest absolute Gasteiger partial charge is 0.229 e. The summed E-state index contributed by atoms with van der Waals surface area (Å²) in [7, 11) is 0. The third-order valence-corrected chi connectivity index (χ3v) is 4.14. The summed E-state index contributed by atoms with van der Waals surface area (Å²) in [5.74, 6) is -0.654. The van der Waals surface area contributed by atoms with Gasteiger partial charge in [0.05, 0.1) is 5.69 Å². The molecule has 1 aromatic carbocycles. The quantitative estimate of drug-likeness (QED) is 0.938. The number of halogens is 2. The van der Waals surface area contributed by atoms with Crippen LogP contribution in [-0.4, -0.2) is 10.9 Å². The molecule has 2 aromatic rings. The minimum absolute atomic E-state index is 0.0493. The lowest BCUT2D eigenvalue weighted by Gasteiger charge is -2.00. The summed E-state index contributed by atoms with van der Waals surface area (Å²) < 4.78 is 26.8. The summed E-state index contributed by atoms with van der Waals surface area (Å²) >= 11 is 1.20. The van der Waals surface area contributed by atoms with Gasteiger partial charge in [-0.2, -0.15) is 0 Å². The van der Waals surface area contributed by atoms with Gasteiger partial charge in [0, 0.05) is 16.9 Å². The van der Waals surface area contributed by atoms with Gasteiger partial charge in [0.15, 0.2) is 5.13 Å². The van der Waals surface area contributed by atoms with Gasteiger partial charge in [0.25, 0.3) is 0 Å². The van der Waals surface area contributed by atoms with Crippen molar-refractivity contribution in [1.82, 2.24) is 4.98 Å². The standard InChI is InChI=1S/C14H12F2N2OS/c1-7-4-9(7)13(19)18-14-17-12(6-20-14)10-5-8(15)2-3-11(10)16/h2-3,5-7,9H,4H2,1H3,(H,17,18,19)/t7-,9-/m0/s1. The van der Waals surface area contributed by atoms with E-state index in [0.717, 1.165) is 24.6 Å². The van der Waals surface area contributed by atoms with Crippen LogP contribution in [0.2, 0.25) is 0 Å². The molecule has 0 spiro atoms. The van der Waals surface area contributed by atoms with E-state index in [2.05, 4.69) is 10.3 Å². The van der Waals surface area contributed by atoms with Gasteiger partial charge in [-0.15, -0.1) is 11.3 Å². The predicted molar refractivity (Wildman–Crippen MR) is 73.4 cm³/mol. The zero-order valence-corrected chi connectivity index (χ0v) is 11.5. The molecule has 1 aliphatic rings. The van der Waals surface area contributed by atoms with Crippen LogP contribution in [0.15, 0.2) is 23.6 Å². The Morgan fingerprint density at radius 2 is 2.20 bits per heavy atom. The highest BCUT2D eigenvalue weighted by Crippen LogP contribution is 2.39. The lowest BCUT2D eigenvalue weighted by molar-refractivity contribution is -0.117. The normalized spacial score (nSPS) is 20.8. The molecule has 1 fully saturated rings. The fourth-order valence-corrected chi connectivity index (χ4v) is 2.75. The highest BCUT2D eigenvalue weighted by atomic mass is 32.1. The Kier molecular flexibility index (Phi) is 3.25. The Morgan fingerprint density at radius 3 is 2.90 bits per heavy atom. The van der Waals surface area contributed by atoms with Crippen molar-refractivity contribution in [3.8, 4) is 11.3 Å². The molecule has 2 atom stereocenters. The first-order valence-corrected chi connectivity index (χ1v) is 7.14. The van der Waals surface area contributed by atoms with Crippen LogP contribution in [0, 0.1) is 23.5 Å². The predicted octanol–water partition coefficient (Wildman–Crippen LogP) is 3.68. The molecule has 104 valence electrons. The summed E-state index contributed by atoms with van der Waals surface area (Å²) in [5.41, 5.74) is 0.424. The lowest BCUT2D eigenvalue weighted by atomic mass is 10.1. The van der Waals surface area contributed by atoms with Gasteiger partial charge in [-0.3, -0.25) is 4.79 Å². The summed E-state index contributed by atoms with van der Waals surface area (Å²) in [6.07, 6.45) is 0.891. The van der Waals surface area contributed by atoms with Gasteiger partial charge in [-0.1, -0.05) is 6.92 Å². The minimum atomic E-state index is -0.537. The molecule has 3 nitrogen and oxygen atoms in total. The van der Waals surface area contributed by atoms with Crippen molar-refractivity contribution < 1.29 is 13.6 Å². The highest BCUT2D eigenvalue weighted by Gasteiger charge is 2.39. The molecular weight excluding hydrogens is 282 g/mol. The number of thiazole rings is 1. The monoisotopic (exact) mass is 294 g/mol. The van der Waals surface area contributed by atoms with E-state index in [1.807, 2.05) is 6.92 Å². The maximum atomic E-state index is 13.6. The maximum Gasteiger partial charge on any atom is 0.229 e. The molecule has 1 aromatic heterocycles. The van der Waals surface area contributed by atoms with Crippen molar-refractivity contribution in [2.24, 2.45) is 11.8 Å². The first-order valence-electron chi connectivity index (χ1n) is 6.26. The molecule has 1 aliphatic carbocycles. The third-order valence-electron chi connectivity index (χ3n) is 3.38. The fourth-order valence-electron chi connectivity index (χ4n) is 2.03. The van der Waals surface area contributed by atoms with Crippen LogP contribution in [0.1, 0.15) is 13.3 Å². The van der Waals surface area contributed by atoms with Crippen molar-refractivity contribution in [2.45, 2.75) is 13.3 Å². The van der Waals surface area contributed by atoms with E-state index in [9.17, 15) is 13.6 Å². The van der Waals surface area contributed by atoms with Crippen molar-refractivity contribution in [3.63, 3.8) is 0 Å². The fraction of sp³-hybridized carbons (Fsp3) is 0.286. The van der Waals surface area contributed by atoms with Crippen molar-refractivity contribution >= 4 is 22.4 Å². The second kappa shape index (κ2) is 4.94. The van der Waals surface area contributed by atoms with E-state index in [4.69, 9.17) is 0 Å². The van der Waals surface area contributed by atoms with Gasteiger partial charge >= 0.3 is 0 Å². The number of aromatic nitrogens is 1. The Hall–Kier alpha value is -1.82. The molecule has 0 radical (unpaired) electrons. The molecule has 0 saturated heterocycles. The molecule has 1 N–H and O–H groups in total. The number of amides is 1. The van der Waals surface area contributed by atoms with Gasteiger partial charge in [0.1, 0.15) is 11.6 Å². The van der Waals surface area contributed by atoms with E-state index in [0.29, 0.717) is 16.7 Å². The second-order valence-electron chi connectivity index (χ2n) is 4.97. The van der Waals surface area contributed by atoms with Gasteiger partial charge in [-0.05, 0) is 30.5 Å². The summed E-state index contributed by atoms with van der Waals surface area (Å²) in [4.78, 5) is 15.9. The molecule has 3 rings (SSSR count). The zero-order valence-electron chi connectivity index (χ0n) is 10.7. The number of anilines is 1. The van der Waals surface area contributed by atoms with Crippen LogP contribution in [0.5, 0.6) is 0 Å². The summed E-state index contributed by atoms with van der Waals surface area (Å²) in [6, 6.07) is 3.22. The van der Waals surface area contributed by atoms with E-state index >= 15 is 0 Å². The number of hydrogen-bond donors (Lipinski definition) is 1. The van der Waals surface area contributed by atoms with Gasteiger partial charge in [-0.25, -0.2) is 13.8 Å². The number of rotatable bonds is 3. The van der Waals surface area contributed by atoms with Crippen LogP contribution in [0.3, 0.4) is 0 Å². The van der Waals surface area contributed by atoms with Crippen molar-refractivity contribution in [2.75, 3.05) is 5.32 Å². The minimum Gasteiger partial charge on any atom is -0.302 e. The third kappa shape index (κ3) is 2.56. The Morgan fingerprint density at radius 1 is 1.45 bits per heavy atom. The topological polar surface area (TPSA) is 42.0 Å². The molecular formula is C14H12F2N2OS. The first-order chi connectivity index (χ1) is 9.54. The Labute approximate surface area is 118 Å². The first kappa shape index (κ1) is 13.2. The summed E-state index contributed by atoms with van der Waals surface area (Å²) in [6.45, 7) is 2.01. The second-order valence-corrected chi connectivity index (χ2v) is 5.83. The van der Waals surface area contributed by atoms with Crippen LogP contribution in [0.4, 0.5) is 13.9 Å². The molecule has 0 aliphatic heterocycles. The van der Waals surface area contributed by atoms with E-state index in [-0.39, 0.29) is 17.4 Å². The van der Waals surface area contributed by atoms with Crippen LogP contribution in [0.25, 0.3) is 11.3 Å². The average Bonchev–Trinajstić information content (AvgIpc) is 2.97. The van der Waals surface area contributed by atoms with Crippen molar-refractivity contribution in [3.05, 3.63) is 35.2 Å². The molecule has 20 heavy (non-hydrogen) atoms. The molecule has 1 saturated carbocycles. The van der Waals surface area contributed by atoms with Crippen molar-refractivity contribution in [1.29, 1.82) is 0 Å². The molecule has 0 unspecified atom stereocenters. The maximum absolute atomic E-state index is 13.6.